The van der Waals surface area contributed by atoms with Gasteiger partial charge in [-0.05, 0) is 12.1 Å². The predicted octanol–water partition coefficient (Wildman–Crippen LogP) is 1.64. The van der Waals surface area contributed by atoms with Crippen molar-refractivity contribution in [2.45, 2.75) is 0 Å². The van der Waals surface area contributed by atoms with Crippen LogP contribution in [0.5, 0.6) is 5.75 Å². The van der Waals surface area contributed by atoms with E-state index < -0.39 is 5.76 Å². The molecule has 0 aliphatic rings. The number of oxazole rings is 1. The van der Waals surface area contributed by atoms with Crippen molar-refractivity contribution in [1.82, 2.24) is 4.98 Å². The van der Waals surface area contributed by atoms with Gasteiger partial charge >= 0.3 is 5.76 Å². The topological polar surface area (TPSA) is 55.2 Å². The summed E-state index contributed by atoms with van der Waals surface area (Å²) in [6, 6.07) is 7.37. The van der Waals surface area contributed by atoms with E-state index in [1.54, 1.807) is 7.11 Å². The molecular weight excluding hydrogens is 182 g/mol. The highest BCUT2D eigenvalue weighted by Gasteiger charge is 2.02. The van der Waals surface area contributed by atoms with Crippen LogP contribution in [0, 0.1) is 0 Å². The van der Waals surface area contributed by atoms with Crippen LogP contribution < -0.4 is 10.5 Å². The molecule has 0 amide bonds. The van der Waals surface area contributed by atoms with Crippen molar-refractivity contribution in [2.75, 3.05) is 7.11 Å². The van der Waals surface area contributed by atoms with Crippen molar-refractivity contribution in [3.8, 4) is 17.0 Å². The van der Waals surface area contributed by atoms with Crippen molar-refractivity contribution in [3.63, 3.8) is 0 Å². The molecule has 0 atom stereocenters. The van der Waals surface area contributed by atoms with Crippen LogP contribution in [0.25, 0.3) is 11.3 Å². The summed E-state index contributed by atoms with van der Waals surface area (Å²) in [7, 11) is 1.59. The first kappa shape index (κ1) is 8.62. The third-order valence-corrected chi connectivity index (χ3v) is 1.90. The number of benzene rings is 1. The van der Waals surface area contributed by atoms with E-state index >= 15 is 0 Å². The Balaban J connectivity index is 2.46. The molecule has 4 heteroatoms. The van der Waals surface area contributed by atoms with Crippen LogP contribution in [0.1, 0.15) is 0 Å². The number of ether oxygens (including phenoxy) is 1. The van der Waals surface area contributed by atoms with E-state index in [1.165, 1.54) is 6.26 Å². The van der Waals surface area contributed by atoms with E-state index in [1.807, 2.05) is 24.3 Å². The fourth-order valence-corrected chi connectivity index (χ4v) is 1.21. The monoisotopic (exact) mass is 191 g/mol. The normalized spacial score (nSPS) is 10.1. The summed E-state index contributed by atoms with van der Waals surface area (Å²) in [5.74, 6) is 0.285. The van der Waals surface area contributed by atoms with Gasteiger partial charge in [0.05, 0.1) is 12.8 Å². The van der Waals surface area contributed by atoms with E-state index in [2.05, 4.69) is 9.40 Å². The number of aromatic amines is 1. The summed E-state index contributed by atoms with van der Waals surface area (Å²) in [6.45, 7) is 0. The van der Waals surface area contributed by atoms with Crippen molar-refractivity contribution in [1.29, 1.82) is 0 Å². The predicted molar refractivity (Wildman–Crippen MR) is 51.3 cm³/mol. The van der Waals surface area contributed by atoms with Gasteiger partial charge < -0.3 is 9.15 Å². The minimum atomic E-state index is -0.456. The third kappa shape index (κ3) is 1.54. The SMILES string of the molecule is COc1cccc(-c2coc(=O)[nH]2)c1. The van der Waals surface area contributed by atoms with E-state index in [-0.39, 0.29) is 0 Å². The largest absolute Gasteiger partial charge is 0.497 e. The lowest BCUT2D eigenvalue weighted by Gasteiger charge is -2.00. The zero-order valence-electron chi connectivity index (χ0n) is 7.61. The van der Waals surface area contributed by atoms with Gasteiger partial charge in [-0.15, -0.1) is 0 Å². The van der Waals surface area contributed by atoms with Gasteiger partial charge in [0.1, 0.15) is 12.0 Å². The smallest absolute Gasteiger partial charge is 0.416 e. The molecule has 14 heavy (non-hydrogen) atoms. The Morgan fingerprint density at radius 3 is 2.93 bits per heavy atom. The fourth-order valence-electron chi connectivity index (χ4n) is 1.21. The second-order valence-electron chi connectivity index (χ2n) is 2.79. The van der Waals surface area contributed by atoms with Gasteiger partial charge in [-0.25, -0.2) is 4.79 Å². The highest BCUT2D eigenvalue weighted by atomic mass is 16.5. The molecule has 0 saturated heterocycles. The number of rotatable bonds is 2. The Bertz CT molecular complexity index is 484. The minimum absolute atomic E-state index is 0.456. The third-order valence-electron chi connectivity index (χ3n) is 1.90. The molecule has 0 aliphatic heterocycles. The quantitative estimate of drug-likeness (QED) is 0.785. The summed E-state index contributed by atoms with van der Waals surface area (Å²) in [6.07, 6.45) is 1.39. The number of hydrogen-bond acceptors (Lipinski definition) is 3. The molecule has 0 radical (unpaired) electrons. The van der Waals surface area contributed by atoms with Crippen molar-refractivity contribution >= 4 is 0 Å². The Hall–Kier alpha value is -1.97. The van der Waals surface area contributed by atoms with Crippen LogP contribution in [-0.2, 0) is 0 Å². The zero-order valence-corrected chi connectivity index (χ0v) is 7.61. The van der Waals surface area contributed by atoms with Crippen molar-refractivity contribution in [3.05, 3.63) is 41.1 Å². The first-order valence-electron chi connectivity index (χ1n) is 4.12. The molecule has 1 N–H and O–H groups in total. The van der Waals surface area contributed by atoms with Gasteiger partial charge in [0.15, 0.2) is 0 Å². The van der Waals surface area contributed by atoms with Gasteiger partial charge in [0.25, 0.3) is 0 Å². The second-order valence-corrected chi connectivity index (χ2v) is 2.79. The number of H-pyrrole nitrogens is 1. The molecule has 2 aromatic rings. The van der Waals surface area contributed by atoms with Gasteiger partial charge in [-0.3, -0.25) is 4.98 Å². The first-order valence-corrected chi connectivity index (χ1v) is 4.12. The van der Waals surface area contributed by atoms with Crippen LogP contribution in [0.3, 0.4) is 0 Å². The average Bonchev–Trinajstić information content (AvgIpc) is 2.65. The Morgan fingerprint density at radius 2 is 2.29 bits per heavy atom. The lowest BCUT2D eigenvalue weighted by atomic mass is 10.2. The molecule has 0 aliphatic carbocycles. The van der Waals surface area contributed by atoms with E-state index in [9.17, 15) is 4.79 Å². The molecular formula is C10H9NO3. The summed E-state index contributed by atoms with van der Waals surface area (Å²) < 4.78 is 9.70. The number of hydrogen-bond donors (Lipinski definition) is 1. The highest BCUT2D eigenvalue weighted by molar-refractivity contribution is 5.59. The first-order chi connectivity index (χ1) is 6.79. The molecule has 0 spiro atoms. The fraction of sp³-hybridized carbons (Fsp3) is 0.100. The Kier molecular flexibility index (Phi) is 2.10. The van der Waals surface area contributed by atoms with Crippen LogP contribution >= 0.6 is 0 Å². The minimum Gasteiger partial charge on any atom is -0.497 e. The Morgan fingerprint density at radius 1 is 1.43 bits per heavy atom. The highest BCUT2D eigenvalue weighted by Crippen LogP contribution is 2.20. The lowest BCUT2D eigenvalue weighted by Crippen LogP contribution is -1.94. The van der Waals surface area contributed by atoms with Gasteiger partial charge in [-0.1, -0.05) is 12.1 Å². The van der Waals surface area contributed by atoms with E-state index in [4.69, 9.17) is 4.74 Å². The molecule has 0 saturated carbocycles. The van der Waals surface area contributed by atoms with Crippen molar-refractivity contribution in [2.24, 2.45) is 0 Å². The summed E-state index contributed by atoms with van der Waals surface area (Å²) in [4.78, 5) is 13.3. The van der Waals surface area contributed by atoms with Gasteiger partial charge in [-0.2, -0.15) is 0 Å². The molecule has 72 valence electrons. The zero-order chi connectivity index (χ0) is 9.97. The number of methoxy groups -OCH3 is 1. The lowest BCUT2D eigenvalue weighted by molar-refractivity contribution is 0.415. The summed E-state index contributed by atoms with van der Waals surface area (Å²) >= 11 is 0. The maximum absolute atomic E-state index is 10.8. The molecule has 1 aromatic carbocycles. The maximum Gasteiger partial charge on any atom is 0.416 e. The van der Waals surface area contributed by atoms with Crippen LogP contribution in [0.4, 0.5) is 0 Å². The molecule has 0 unspecified atom stereocenters. The molecule has 0 fully saturated rings. The standard InChI is InChI=1S/C10H9NO3/c1-13-8-4-2-3-7(5-8)9-6-14-10(12)11-9/h2-6H,1H3,(H,11,12). The molecule has 4 nitrogen and oxygen atoms in total. The number of aromatic nitrogens is 1. The van der Waals surface area contributed by atoms with Crippen LogP contribution in [-0.4, -0.2) is 12.1 Å². The average molecular weight is 191 g/mol. The molecule has 1 heterocycles. The van der Waals surface area contributed by atoms with Crippen LogP contribution in [0.2, 0.25) is 0 Å². The second kappa shape index (κ2) is 3.41. The number of nitrogens with one attached hydrogen (secondary N) is 1. The molecule has 1 aromatic heterocycles. The van der Waals surface area contributed by atoms with E-state index in [0.717, 1.165) is 11.3 Å². The molecule has 0 bridgehead atoms. The van der Waals surface area contributed by atoms with Crippen molar-refractivity contribution < 1.29 is 9.15 Å². The summed E-state index contributed by atoms with van der Waals surface area (Å²) in [5.41, 5.74) is 1.50. The van der Waals surface area contributed by atoms with Gasteiger partial charge in [0, 0.05) is 5.56 Å². The maximum atomic E-state index is 10.8. The van der Waals surface area contributed by atoms with Crippen LogP contribution in [0.15, 0.2) is 39.7 Å². The molecule has 2 rings (SSSR count). The van der Waals surface area contributed by atoms with Gasteiger partial charge in [0.2, 0.25) is 0 Å². The summed E-state index contributed by atoms with van der Waals surface area (Å²) in [5, 5.41) is 0. The van der Waals surface area contributed by atoms with E-state index in [0.29, 0.717) is 5.69 Å². The Labute approximate surface area is 80.1 Å².